The summed E-state index contributed by atoms with van der Waals surface area (Å²) >= 11 is 9.87. The maximum atomic E-state index is 6.44. The molecular formula is C22H19BrClNO2. The smallest absolute Gasteiger partial charge is 0.180 e. The lowest BCUT2D eigenvalue weighted by Gasteiger charge is -2.13. The van der Waals surface area contributed by atoms with E-state index in [-0.39, 0.29) is 0 Å². The van der Waals surface area contributed by atoms with E-state index in [1.165, 1.54) is 0 Å². The number of aryl methyl sites for hydroxylation is 1. The number of para-hydroxylation sites is 1. The second kappa shape index (κ2) is 9.07. The van der Waals surface area contributed by atoms with Crippen molar-refractivity contribution in [3.63, 3.8) is 0 Å². The Hall–Kier alpha value is -2.30. The number of benzene rings is 3. The first-order chi connectivity index (χ1) is 13.1. The average Bonchev–Trinajstić information content (AvgIpc) is 2.67. The number of aliphatic imine (C=N–C) groups is 1. The fraction of sp³-hybridized carbons (Fsp3) is 0.136. The van der Waals surface area contributed by atoms with Crippen molar-refractivity contribution in [1.29, 1.82) is 0 Å². The fourth-order valence-electron chi connectivity index (χ4n) is 2.54. The van der Waals surface area contributed by atoms with Gasteiger partial charge in [0, 0.05) is 10.7 Å². The second-order valence-corrected chi connectivity index (χ2v) is 7.32. The fourth-order valence-corrected chi connectivity index (χ4v) is 3.08. The van der Waals surface area contributed by atoms with Gasteiger partial charge in [0.05, 0.1) is 17.8 Å². The summed E-state index contributed by atoms with van der Waals surface area (Å²) in [5.74, 6) is 1.10. The Morgan fingerprint density at radius 2 is 1.81 bits per heavy atom. The highest BCUT2D eigenvalue weighted by Crippen LogP contribution is 2.36. The Bertz CT molecular complexity index is 955. The summed E-state index contributed by atoms with van der Waals surface area (Å²) in [5, 5.41) is 0.484. The molecule has 0 heterocycles. The highest BCUT2D eigenvalue weighted by molar-refractivity contribution is 9.10. The van der Waals surface area contributed by atoms with Gasteiger partial charge in [0.2, 0.25) is 0 Å². The van der Waals surface area contributed by atoms with E-state index in [0.717, 1.165) is 26.9 Å². The average molecular weight is 445 g/mol. The number of hydrogen-bond donors (Lipinski definition) is 0. The number of nitrogens with zero attached hydrogens (tertiary/aromatic N) is 1. The van der Waals surface area contributed by atoms with Gasteiger partial charge in [-0.15, -0.1) is 0 Å². The monoisotopic (exact) mass is 443 g/mol. The lowest BCUT2D eigenvalue weighted by molar-refractivity contribution is 0.284. The third-order valence-corrected chi connectivity index (χ3v) is 4.83. The van der Waals surface area contributed by atoms with Crippen molar-refractivity contribution >= 4 is 39.4 Å². The SMILES string of the molecule is COc1cc(C=Nc2ccccc2C)cc(Cl)c1OCc1ccc(Br)cc1. The molecule has 0 spiro atoms. The lowest BCUT2D eigenvalue weighted by Crippen LogP contribution is -1.99. The van der Waals surface area contributed by atoms with Crippen molar-refractivity contribution in [1.82, 2.24) is 0 Å². The summed E-state index contributed by atoms with van der Waals surface area (Å²) in [6.45, 7) is 2.43. The topological polar surface area (TPSA) is 30.8 Å². The van der Waals surface area contributed by atoms with Crippen LogP contribution in [0.3, 0.4) is 0 Å². The van der Waals surface area contributed by atoms with Crippen molar-refractivity contribution in [3.8, 4) is 11.5 Å². The summed E-state index contributed by atoms with van der Waals surface area (Å²) in [5.41, 5.74) is 3.92. The van der Waals surface area contributed by atoms with Crippen molar-refractivity contribution < 1.29 is 9.47 Å². The largest absolute Gasteiger partial charge is 0.493 e. The minimum absolute atomic E-state index is 0.403. The molecule has 3 nitrogen and oxygen atoms in total. The summed E-state index contributed by atoms with van der Waals surface area (Å²) < 4.78 is 12.4. The van der Waals surface area contributed by atoms with E-state index >= 15 is 0 Å². The molecule has 0 N–H and O–H groups in total. The Kier molecular flexibility index (Phi) is 6.54. The first-order valence-electron chi connectivity index (χ1n) is 8.41. The third-order valence-electron chi connectivity index (χ3n) is 4.02. The standard InChI is InChI=1S/C22H19BrClNO2/c1-15-5-3-4-6-20(15)25-13-17-11-19(24)22(21(12-17)26-2)27-14-16-7-9-18(23)10-8-16/h3-13H,14H2,1-2H3. The number of rotatable bonds is 6. The van der Waals surface area contributed by atoms with Gasteiger partial charge in [-0.3, -0.25) is 4.99 Å². The van der Waals surface area contributed by atoms with Crippen LogP contribution in [-0.4, -0.2) is 13.3 Å². The Labute approximate surface area is 172 Å². The van der Waals surface area contributed by atoms with E-state index < -0.39 is 0 Å². The van der Waals surface area contributed by atoms with E-state index in [1.807, 2.05) is 67.6 Å². The zero-order valence-corrected chi connectivity index (χ0v) is 17.4. The van der Waals surface area contributed by atoms with Crippen LogP contribution in [0.5, 0.6) is 11.5 Å². The molecule has 138 valence electrons. The summed E-state index contributed by atoms with van der Waals surface area (Å²) in [4.78, 5) is 4.54. The van der Waals surface area contributed by atoms with Gasteiger partial charge < -0.3 is 9.47 Å². The van der Waals surface area contributed by atoms with Crippen molar-refractivity contribution in [3.05, 3.63) is 86.8 Å². The van der Waals surface area contributed by atoms with Crippen LogP contribution >= 0.6 is 27.5 Å². The van der Waals surface area contributed by atoms with E-state index in [9.17, 15) is 0 Å². The molecule has 0 aliphatic carbocycles. The van der Waals surface area contributed by atoms with Crippen molar-refractivity contribution in [2.75, 3.05) is 7.11 Å². The quantitative estimate of drug-likeness (QED) is 0.394. The van der Waals surface area contributed by atoms with Crippen LogP contribution in [0.15, 0.2) is 70.1 Å². The highest BCUT2D eigenvalue weighted by atomic mass is 79.9. The van der Waals surface area contributed by atoms with Gasteiger partial charge in [0.1, 0.15) is 6.61 Å². The molecule has 3 aromatic carbocycles. The molecule has 0 saturated carbocycles. The van der Waals surface area contributed by atoms with Crippen LogP contribution in [-0.2, 0) is 6.61 Å². The van der Waals surface area contributed by atoms with Gasteiger partial charge >= 0.3 is 0 Å². The van der Waals surface area contributed by atoms with Crippen molar-refractivity contribution in [2.24, 2.45) is 4.99 Å². The molecule has 0 aromatic heterocycles. The number of halogens is 2. The molecule has 0 atom stereocenters. The van der Waals surface area contributed by atoms with E-state index in [2.05, 4.69) is 20.9 Å². The molecule has 0 saturated heterocycles. The maximum Gasteiger partial charge on any atom is 0.180 e. The first kappa shape index (κ1) is 19.5. The van der Waals surface area contributed by atoms with Gasteiger partial charge in [0.25, 0.3) is 0 Å². The van der Waals surface area contributed by atoms with E-state index in [0.29, 0.717) is 23.1 Å². The summed E-state index contributed by atoms with van der Waals surface area (Å²) in [6, 6.07) is 19.6. The normalized spacial score (nSPS) is 11.0. The summed E-state index contributed by atoms with van der Waals surface area (Å²) in [6.07, 6.45) is 1.77. The molecule has 0 fully saturated rings. The molecule has 27 heavy (non-hydrogen) atoms. The molecule has 3 rings (SSSR count). The Balaban J connectivity index is 1.80. The number of ether oxygens (including phenoxy) is 2. The van der Waals surface area contributed by atoms with Crippen LogP contribution in [0.1, 0.15) is 16.7 Å². The van der Waals surface area contributed by atoms with Crippen LogP contribution in [0, 0.1) is 6.92 Å². The Morgan fingerprint density at radius 1 is 1.07 bits per heavy atom. The molecule has 0 aliphatic heterocycles. The molecule has 0 unspecified atom stereocenters. The van der Waals surface area contributed by atoms with Gasteiger partial charge in [0.15, 0.2) is 11.5 Å². The molecule has 0 bridgehead atoms. The van der Waals surface area contributed by atoms with Crippen molar-refractivity contribution in [2.45, 2.75) is 13.5 Å². The predicted octanol–water partition coefficient (Wildman–Crippen LogP) is 6.75. The zero-order chi connectivity index (χ0) is 19.2. The number of methoxy groups -OCH3 is 1. The first-order valence-corrected chi connectivity index (χ1v) is 9.58. The number of hydrogen-bond acceptors (Lipinski definition) is 3. The van der Waals surface area contributed by atoms with Crippen LogP contribution < -0.4 is 9.47 Å². The van der Waals surface area contributed by atoms with Gasteiger partial charge in [-0.2, -0.15) is 0 Å². The van der Waals surface area contributed by atoms with Gasteiger partial charge in [-0.05, 0) is 53.9 Å². The Morgan fingerprint density at radius 3 is 2.52 bits per heavy atom. The van der Waals surface area contributed by atoms with Crippen LogP contribution in [0.2, 0.25) is 5.02 Å². The lowest BCUT2D eigenvalue weighted by atomic mass is 10.2. The summed E-state index contributed by atoms with van der Waals surface area (Å²) in [7, 11) is 1.60. The third kappa shape index (κ3) is 5.12. The minimum atomic E-state index is 0.403. The maximum absolute atomic E-state index is 6.44. The van der Waals surface area contributed by atoms with E-state index in [1.54, 1.807) is 13.3 Å². The van der Waals surface area contributed by atoms with E-state index in [4.69, 9.17) is 21.1 Å². The molecule has 5 heteroatoms. The second-order valence-electron chi connectivity index (χ2n) is 5.99. The molecular weight excluding hydrogens is 426 g/mol. The van der Waals surface area contributed by atoms with Gasteiger partial charge in [-0.25, -0.2) is 0 Å². The van der Waals surface area contributed by atoms with Crippen LogP contribution in [0.4, 0.5) is 5.69 Å². The predicted molar refractivity (Wildman–Crippen MR) is 115 cm³/mol. The molecule has 0 radical (unpaired) electrons. The van der Waals surface area contributed by atoms with Gasteiger partial charge in [-0.1, -0.05) is 57.9 Å². The minimum Gasteiger partial charge on any atom is -0.493 e. The zero-order valence-electron chi connectivity index (χ0n) is 15.1. The molecule has 0 amide bonds. The molecule has 0 aliphatic rings. The van der Waals surface area contributed by atoms with Crippen LogP contribution in [0.25, 0.3) is 0 Å². The highest BCUT2D eigenvalue weighted by Gasteiger charge is 2.12. The molecule has 3 aromatic rings.